The van der Waals surface area contributed by atoms with Crippen molar-refractivity contribution in [3.8, 4) is 0 Å². The van der Waals surface area contributed by atoms with E-state index in [0.29, 0.717) is 17.9 Å². The lowest BCUT2D eigenvalue weighted by atomic mass is 9.87. The standard InChI is InChI=1S/C15H23N5S/c16-12-8-4-7-11(9-12)14-19-20-13(17-18-15(20)21-14)10-5-2-1-3-6-10/h10-12H,1-9,16H2. The summed E-state index contributed by atoms with van der Waals surface area (Å²) in [6.07, 6.45) is 11.1. The zero-order valence-corrected chi connectivity index (χ0v) is 13.2. The maximum atomic E-state index is 6.12. The highest BCUT2D eigenvalue weighted by molar-refractivity contribution is 7.16. The molecule has 2 aliphatic carbocycles. The molecule has 2 aromatic rings. The van der Waals surface area contributed by atoms with Gasteiger partial charge >= 0.3 is 0 Å². The summed E-state index contributed by atoms with van der Waals surface area (Å²) in [6.45, 7) is 0. The van der Waals surface area contributed by atoms with Gasteiger partial charge in [0, 0.05) is 17.9 Å². The van der Waals surface area contributed by atoms with Gasteiger partial charge in [0.2, 0.25) is 4.96 Å². The van der Waals surface area contributed by atoms with E-state index in [1.165, 1.54) is 50.0 Å². The third kappa shape index (κ3) is 2.59. The van der Waals surface area contributed by atoms with Gasteiger partial charge in [-0.25, -0.2) is 0 Å². The summed E-state index contributed by atoms with van der Waals surface area (Å²) in [4.78, 5) is 0.963. The predicted molar refractivity (Wildman–Crippen MR) is 83.7 cm³/mol. The molecular weight excluding hydrogens is 282 g/mol. The molecule has 2 aromatic heterocycles. The molecule has 2 fully saturated rings. The molecule has 2 heterocycles. The van der Waals surface area contributed by atoms with Crippen molar-refractivity contribution in [1.29, 1.82) is 0 Å². The zero-order valence-electron chi connectivity index (χ0n) is 12.4. The van der Waals surface area contributed by atoms with Crippen molar-refractivity contribution in [1.82, 2.24) is 19.8 Å². The number of rotatable bonds is 2. The van der Waals surface area contributed by atoms with E-state index in [2.05, 4.69) is 10.2 Å². The molecule has 5 nitrogen and oxygen atoms in total. The van der Waals surface area contributed by atoms with E-state index >= 15 is 0 Å². The molecule has 2 atom stereocenters. The fourth-order valence-corrected chi connectivity index (χ4v) is 4.87. The van der Waals surface area contributed by atoms with Crippen LogP contribution in [0.1, 0.15) is 80.5 Å². The topological polar surface area (TPSA) is 69.1 Å². The van der Waals surface area contributed by atoms with Crippen molar-refractivity contribution in [3.05, 3.63) is 10.8 Å². The second-order valence-electron chi connectivity index (χ2n) is 6.65. The molecule has 0 bridgehead atoms. The van der Waals surface area contributed by atoms with E-state index < -0.39 is 0 Å². The van der Waals surface area contributed by atoms with Crippen LogP contribution in [0.25, 0.3) is 4.96 Å². The van der Waals surface area contributed by atoms with Gasteiger partial charge in [-0.3, -0.25) is 0 Å². The first-order chi connectivity index (χ1) is 10.3. The fraction of sp³-hybridized carbons (Fsp3) is 0.800. The molecule has 2 unspecified atom stereocenters. The van der Waals surface area contributed by atoms with Gasteiger partial charge in [-0.2, -0.15) is 9.61 Å². The van der Waals surface area contributed by atoms with Crippen LogP contribution in [-0.2, 0) is 0 Å². The average Bonchev–Trinajstić information content (AvgIpc) is 3.08. The molecule has 0 aliphatic heterocycles. The molecule has 0 aromatic carbocycles. The Balaban J connectivity index is 1.62. The maximum Gasteiger partial charge on any atom is 0.234 e. The maximum absolute atomic E-state index is 6.12. The van der Waals surface area contributed by atoms with E-state index in [4.69, 9.17) is 10.8 Å². The molecular formula is C15H23N5S. The predicted octanol–water partition coefficient (Wildman–Crippen LogP) is 3.22. The third-order valence-corrected chi connectivity index (χ3v) is 6.13. The zero-order chi connectivity index (χ0) is 14.2. The van der Waals surface area contributed by atoms with Crippen LogP contribution in [0.3, 0.4) is 0 Å². The summed E-state index contributed by atoms with van der Waals surface area (Å²) < 4.78 is 2.02. The number of nitrogens with two attached hydrogens (primary N) is 1. The molecule has 2 N–H and O–H groups in total. The van der Waals surface area contributed by atoms with Crippen LogP contribution < -0.4 is 5.73 Å². The van der Waals surface area contributed by atoms with Gasteiger partial charge < -0.3 is 5.73 Å². The van der Waals surface area contributed by atoms with Crippen molar-refractivity contribution < 1.29 is 0 Å². The van der Waals surface area contributed by atoms with Gasteiger partial charge in [-0.05, 0) is 32.1 Å². The van der Waals surface area contributed by atoms with Gasteiger partial charge in [0.25, 0.3) is 0 Å². The normalized spacial score (nSPS) is 28.2. The van der Waals surface area contributed by atoms with Crippen LogP contribution >= 0.6 is 11.3 Å². The Morgan fingerprint density at radius 3 is 2.57 bits per heavy atom. The quantitative estimate of drug-likeness (QED) is 0.925. The van der Waals surface area contributed by atoms with Crippen LogP contribution in [-0.4, -0.2) is 25.9 Å². The van der Waals surface area contributed by atoms with E-state index in [1.807, 2.05) is 4.52 Å². The van der Waals surface area contributed by atoms with Gasteiger partial charge in [0.1, 0.15) is 5.01 Å². The number of nitrogens with zero attached hydrogens (tertiary/aromatic N) is 4. The number of hydrogen-bond donors (Lipinski definition) is 1. The lowest BCUT2D eigenvalue weighted by Gasteiger charge is -2.24. The highest BCUT2D eigenvalue weighted by atomic mass is 32.1. The van der Waals surface area contributed by atoms with Gasteiger partial charge in [0.15, 0.2) is 5.82 Å². The molecule has 2 saturated carbocycles. The summed E-state index contributed by atoms with van der Waals surface area (Å²) in [6, 6.07) is 0.343. The minimum Gasteiger partial charge on any atom is -0.328 e. The number of aromatic nitrogens is 4. The molecule has 6 heteroatoms. The molecule has 2 aliphatic rings. The number of fused-ring (bicyclic) bond motifs is 1. The Morgan fingerprint density at radius 1 is 0.952 bits per heavy atom. The van der Waals surface area contributed by atoms with Crippen LogP contribution in [0.15, 0.2) is 0 Å². The summed E-state index contributed by atoms with van der Waals surface area (Å²) in [5.41, 5.74) is 6.12. The Bertz CT molecular complexity index is 613. The summed E-state index contributed by atoms with van der Waals surface area (Å²) in [5.74, 6) is 2.17. The number of hydrogen-bond acceptors (Lipinski definition) is 5. The van der Waals surface area contributed by atoms with Crippen LogP contribution in [0.5, 0.6) is 0 Å². The Morgan fingerprint density at radius 2 is 1.76 bits per heavy atom. The van der Waals surface area contributed by atoms with Crippen molar-refractivity contribution >= 4 is 16.3 Å². The first kappa shape index (κ1) is 13.6. The second-order valence-corrected chi connectivity index (χ2v) is 7.64. The van der Waals surface area contributed by atoms with Crippen molar-refractivity contribution in [2.75, 3.05) is 0 Å². The van der Waals surface area contributed by atoms with E-state index in [-0.39, 0.29) is 0 Å². The first-order valence-electron chi connectivity index (χ1n) is 8.29. The lowest BCUT2D eigenvalue weighted by Crippen LogP contribution is -2.26. The molecule has 0 radical (unpaired) electrons. The summed E-state index contributed by atoms with van der Waals surface area (Å²) >= 11 is 1.71. The highest BCUT2D eigenvalue weighted by Gasteiger charge is 2.27. The smallest absolute Gasteiger partial charge is 0.234 e. The molecule has 0 amide bonds. The summed E-state index contributed by atoms with van der Waals surface area (Å²) in [5, 5.41) is 14.9. The largest absolute Gasteiger partial charge is 0.328 e. The fourth-order valence-electron chi connectivity index (χ4n) is 3.88. The third-order valence-electron chi connectivity index (χ3n) is 5.06. The minimum absolute atomic E-state index is 0.343. The van der Waals surface area contributed by atoms with Crippen LogP contribution in [0, 0.1) is 0 Å². The first-order valence-corrected chi connectivity index (χ1v) is 9.10. The van der Waals surface area contributed by atoms with Crippen molar-refractivity contribution in [2.45, 2.75) is 75.7 Å². The Labute approximate surface area is 128 Å². The van der Waals surface area contributed by atoms with E-state index in [9.17, 15) is 0 Å². The lowest BCUT2D eigenvalue weighted by molar-refractivity contribution is 0.388. The highest BCUT2D eigenvalue weighted by Crippen LogP contribution is 2.36. The van der Waals surface area contributed by atoms with Gasteiger partial charge in [0.05, 0.1) is 0 Å². The minimum atomic E-state index is 0.343. The molecule has 21 heavy (non-hydrogen) atoms. The van der Waals surface area contributed by atoms with Crippen LogP contribution in [0.4, 0.5) is 0 Å². The van der Waals surface area contributed by atoms with Gasteiger partial charge in [-0.15, -0.1) is 10.2 Å². The summed E-state index contributed by atoms with van der Waals surface area (Å²) in [7, 11) is 0. The van der Waals surface area contributed by atoms with E-state index in [0.717, 1.165) is 23.6 Å². The SMILES string of the molecule is NC1CCCC(c2nn3c(C4CCCCC4)nnc3s2)C1. The van der Waals surface area contributed by atoms with E-state index in [1.54, 1.807) is 11.3 Å². The Hall–Kier alpha value is -1.01. The van der Waals surface area contributed by atoms with Crippen molar-refractivity contribution in [2.24, 2.45) is 5.73 Å². The molecule has 0 spiro atoms. The van der Waals surface area contributed by atoms with Crippen LogP contribution in [0.2, 0.25) is 0 Å². The molecule has 114 valence electrons. The molecule has 0 saturated heterocycles. The van der Waals surface area contributed by atoms with Gasteiger partial charge in [-0.1, -0.05) is 37.0 Å². The monoisotopic (exact) mass is 305 g/mol. The Kier molecular flexibility index (Phi) is 3.67. The molecule has 4 rings (SSSR count). The second kappa shape index (κ2) is 5.65. The average molecular weight is 305 g/mol. The van der Waals surface area contributed by atoms with Crippen molar-refractivity contribution in [3.63, 3.8) is 0 Å².